The topological polar surface area (TPSA) is 88.2 Å². The Morgan fingerprint density at radius 1 is 1.20 bits per heavy atom. The number of rotatable bonds is 3. The van der Waals surface area contributed by atoms with Gasteiger partial charge in [0.25, 0.3) is 5.56 Å². The predicted molar refractivity (Wildman–Crippen MR) is 110 cm³/mol. The molecule has 0 saturated carbocycles. The van der Waals surface area contributed by atoms with Crippen molar-refractivity contribution in [2.75, 3.05) is 17.9 Å². The minimum absolute atomic E-state index is 0.0890. The molecule has 0 spiro atoms. The number of esters is 1. The number of carbonyl (C=O) groups is 1. The molecule has 0 aliphatic carbocycles. The van der Waals surface area contributed by atoms with E-state index < -0.39 is 17.3 Å². The van der Waals surface area contributed by atoms with Crippen molar-refractivity contribution in [3.8, 4) is 17.3 Å². The van der Waals surface area contributed by atoms with Crippen molar-refractivity contribution in [2.45, 2.75) is 11.8 Å². The molecule has 1 aliphatic heterocycles. The van der Waals surface area contributed by atoms with Crippen LogP contribution in [0.5, 0.6) is 0 Å². The summed E-state index contributed by atoms with van der Waals surface area (Å²) in [5, 5.41) is 10.1. The zero-order valence-electron chi connectivity index (χ0n) is 15.8. The highest BCUT2D eigenvalue weighted by atomic mass is 32.2. The van der Waals surface area contributed by atoms with E-state index in [1.807, 2.05) is 11.0 Å². The van der Waals surface area contributed by atoms with E-state index in [0.717, 1.165) is 5.69 Å². The zero-order valence-corrected chi connectivity index (χ0v) is 16.6. The fourth-order valence-electron chi connectivity index (χ4n) is 3.12. The third kappa shape index (κ3) is 3.53. The minimum atomic E-state index is -0.454. The summed E-state index contributed by atoms with van der Waals surface area (Å²) in [6.45, 7) is 0.212. The lowest BCUT2D eigenvalue weighted by Crippen LogP contribution is -2.38. The van der Waals surface area contributed by atoms with Gasteiger partial charge in [0.15, 0.2) is 5.16 Å². The first-order valence-electron chi connectivity index (χ1n) is 8.89. The summed E-state index contributed by atoms with van der Waals surface area (Å²) in [7, 11) is 1.32. The van der Waals surface area contributed by atoms with Crippen molar-refractivity contribution in [1.82, 2.24) is 9.55 Å². The van der Waals surface area contributed by atoms with Crippen LogP contribution in [0.15, 0.2) is 58.5 Å². The molecule has 0 bridgehead atoms. The SMILES string of the molecule is COC(=O)c1ccc(N2CSc3nc(-c4ccc(F)cc4)c(C#N)c(=O)n3C2)cc1. The number of nitriles is 1. The van der Waals surface area contributed by atoms with Gasteiger partial charge in [-0.3, -0.25) is 9.36 Å². The normalized spacial score (nSPS) is 12.8. The van der Waals surface area contributed by atoms with Gasteiger partial charge in [-0.1, -0.05) is 11.8 Å². The van der Waals surface area contributed by atoms with Crippen LogP contribution in [-0.4, -0.2) is 28.5 Å². The number of methoxy groups -OCH3 is 1. The molecule has 30 heavy (non-hydrogen) atoms. The molecule has 0 unspecified atom stereocenters. The third-order valence-electron chi connectivity index (χ3n) is 4.68. The molecule has 1 aliphatic rings. The Labute approximate surface area is 175 Å². The summed E-state index contributed by atoms with van der Waals surface area (Å²) in [4.78, 5) is 31.0. The fraction of sp³-hybridized carbons (Fsp3) is 0.143. The minimum Gasteiger partial charge on any atom is -0.465 e. The molecule has 2 heterocycles. The lowest BCUT2D eigenvalue weighted by molar-refractivity contribution is 0.0600. The Morgan fingerprint density at radius 3 is 2.53 bits per heavy atom. The molecule has 2 aromatic carbocycles. The van der Waals surface area contributed by atoms with E-state index in [9.17, 15) is 19.2 Å². The second-order valence-electron chi connectivity index (χ2n) is 6.46. The lowest BCUT2D eigenvalue weighted by Gasteiger charge is -2.31. The molecule has 150 valence electrons. The summed E-state index contributed by atoms with van der Waals surface area (Å²) in [6.07, 6.45) is 0. The second kappa shape index (κ2) is 8.00. The molecular weight excluding hydrogens is 407 g/mol. The second-order valence-corrected chi connectivity index (χ2v) is 7.38. The predicted octanol–water partition coefficient (Wildman–Crippen LogP) is 3.23. The van der Waals surface area contributed by atoms with E-state index >= 15 is 0 Å². The van der Waals surface area contributed by atoms with E-state index in [1.54, 1.807) is 24.3 Å². The number of ether oxygens (including phenoxy) is 1. The molecule has 0 N–H and O–H groups in total. The summed E-state index contributed by atoms with van der Waals surface area (Å²) >= 11 is 1.35. The maximum Gasteiger partial charge on any atom is 0.337 e. The summed E-state index contributed by atoms with van der Waals surface area (Å²) in [6, 6.07) is 14.3. The van der Waals surface area contributed by atoms with Gasteiger partial charge in [0, 0.05) is 11.3 Å². The number of carbonyl (C=O) groups excluding carboxylic acids is 1. The molecule has 1 aromatic heterocycles. The van der Waals surface area contributed by atoms with Crippen molar-refractivity contribution in [3.63, 3.8) is 0 Å². The first-order valence-corrected chi connectivity index (χ1v) is 9.87. The van der Waals surface area contributed by atoms with Crippen LogP contribution in [-0.2, 0) is 11.4 Å². The van der Waals surface area contributed by atoms with Crippen LogP contribution >= 0.6 is 11.8 Å². The van der Waals surface area contributed by atoms with Gasteiger partial charge in [0.05, 0.1) is 24.2 Å². The van der Waals surface area contributed by atoms with Crippen molar-refractivity contribution < 1.29 is 13.9 Å². The molecule has 0 fully saturated rings. The van der Waals surface area contributed by atoms with Gasteiger partial charge < -0.3 is 9.64 Å². The van der Waals surface area contributed by atoms with Gasteiger partial charge in [0.1, 0.15) is 24.1 Å². The molecule has 0 saturated heterocycles. The van der Waals surface area contributed by atoms with Crippen LogP contribution < -0.4 is 10.5 Å². The number of halogens is 1. The summed E-state index contributed by atoms with van der Waals surface area (Å²) in [5.41, 5.74) is 1.46. The molecule has 0 radical (unpaired) electrons. The third-order valence-corrected chi connectivity index (χ3v) is 5.69. The number of aromatic nitrogens is 2. The van der Waals surface area contributed by atoms with Crippen molar-refractivity contribution in [3.05, 3.63) is 75.8 Å². The summed E-state index contributed by atoms with van der Waals surface area (Å²) in [5.74, 6) is -0.304. The van der Waals surface area contributed by atoms with Gasteiger partial charge >= 0.3 is 5.97 Å². The number of thioether (sulfide) groups is 1. The monoisotopic (exact) mass is 422 g/mol. The van der Waals surface area contributed by atoms with E-state index in [1.165, 1.54) is 47.7 Å². The average molecular weight is 422 g/mol. The maximum absolute atomic E-state index is 13.2. The first kappa shape index (κ1) is 19.7. The van der Waals surface area contributed by atoms with Crippen LogP contribution in [0.4, 0.5) is 10.1 Å². The molecule has 3 aromatic rings. The number of benzene rings is 2. The summed E-state index contributed by atoms with van der Waals surface area (Å²) < 4.78 is 19.4. The Bertz CT molecular complexity index is 1220. The van der Waals surface area contributed by atoms with Gasteiger partial charge in [-0.05, 0) is 48.5 Å². The number of hydrogen-bond donors (Lipinski definition) is 0. The highest BCUT2D eigenvalue weighted by molar-refractivity contribution is 7.99. The van der Waals surface area contributed by atoms with E-state index in [4.69, 9.17) is 4.74 Å². The first-order chi connectivity index (χ1) is 14.5. The highest BCUT2D eigenvalue weighted by Crippen LogP contribution is 2.30. The number of fused-ring (bicyclic) bond motifs is 1. The van der Waals surface area contributed by atoms with Gasteiger partial charge in [-0.2, -0.15) is 5.26 Å². The molecule has 7 nitrogen and oxygen atoms in total. The molecule has 9 heteroatoms. The van der Waals surface area contributed by atoms with Gasteiger partial charge in [-0.25, -0.2) is 14.2 Å². The van der Waals surface area contributed by atoms with Crippen molar-refractivity contribution in [1.29, 1.82) is 5.26 Å². The van der Waals surface area contributed by atoms with Gasteiger partial charge in [-0.15, -0.1) is 0 Å². The molecule has 0 atom stereocenters. The van der Waals surface area contributed by atoms with Crippen LogP contribution in [0.2, 0.25) is 0 Å². The maximum atomic E-state index is 13.2. The largest absolute Gasteiger partial charge is 0.465 e. The fourth-order valence-corrected chi connectivity index (χ4v) is 4.07. The number of hydrogen-bond acceptors (Lipinski definition) is 7. The van der Waals surface area contributed by atoms with Crippen LogP contribution in [0.3, 0.4) is 0 Å². The van der Waals surface area contributed by atoms with Crippen LogP contribution in [0.1, 0.15) is 15.9 Å². The Hall–Kier alpha value is -3.64. The molecule has 0 amide bonds. The number of anilines is 1. The Balaban J connectivity index is 1.69. The van der Waals surface area contributed by atoms with Gasteiger partial charge in [0.2, 0.25) is 0 Å². The van der Waals surface area contributed by atoms with E-state index in [2.05, 4.69) is 4.98 Å². The highest BCUT2D eigenvalue weighted by Gasteiger charge is 2.24. The average Bonchev–Trinajstić information content (AvgIpc) is 2.79. The van der Waals surface area contributed by atoms with E-state index in [-0.39, 0.29) is 17.9 Å². The van der Waals surface area contributed by atoms with E-state index in [0.29, 0.717) is 22.2 Å². The molecule has 4 rings (SSSR count). The zero-order chi connectivity index (χ0) is 21.3. The Morgan fingerprint density at radius 2 is 1.90 bits per heavy atom. The lowest BCUT2D eigenvalue weighted by atomic mass is 10.1. The standard InChI is InChI=1S/C21H15FN4O3S/c1-29-20(28)14-4-8-16(9-5-14)25-11-26-19(27)17(10-23)18(24-21(26)30-12-25)13-2-6-15(22)7-3-13/h2-9H,11-12H2,1H3. The quantitative estimate of drug-likeness (QED) is 0.473. The number of nitrogens with zero attached hydrogens (tertiary/aromatic N) is 4. The van der Waals surface area contributed by atoms with Crippen molar-refractivity contribution in [2.24, 2.45) is 0 Å². The Kier molecular flexibility index (Phi) is 5.25. The van der Waals surface area contributed by atoms with Crippen LogP contribution in [0.25, 0.3) is 11.3 Å². The van der Waals surface area contributed by atoms with Crippen LogP contribution in [0, 0.1) is 17.1 Å². The van der Waals surface area contributed by atoms with Crippen molar-refractivity contribution >= 4 is 23.4 Å². The molecular formula is C21H15FN4O3S. The smallest absolute Gasteiger partial charge is 0.337 e.